The summed E-state index contributed by atoms with van der Waals surface area (Å²) in [6.07, 6.45) is -3.66. The number of carboxylic acid groups (broad SMARTS) is 3. The molecular formula is C86H147N25O29. The van der Waals surface area contributed by atoms with Gasteiger partial charge in [-0.05, 0) is 118 Å². The Labute approximate surface area is 810 Å². The third-order valence-electron chi connectivity index (χ3n) is 21.3. The molecule has 1 heterocycles. The van der Waals surface area contributed by atoms with Gasteiger partial charge in [0.25, 0.3) is 0 Å². The number of rotatable bonds is 67. The number of carboxylic acids is 3. The van der Waals surface area contributed by atoms with E-state index in [4.69, 9.17) is 33.5 Å². The number of carbonyl (C=O) groups excluding carboxylic acids is 21. The molecule has 1 rings (SSSR count). The average Bonchev–Trinajstić information content (AvgIpc) is 1.01. The van der Waals surface area contributed by atoms with Gasteiger partial charge in [0.1, 0.15) is 84.6 Å². The molecule has 33 N–H and O–H groups in total. The third-order valence-corrected chi connectivity index (χ3v) is 21.3. The summed E-state index contributed by atoms with van der Waals surface area (Å²) in [6.45, 7) is 16.5. The van der Waals surface area contributed by atoms with Crippen LogP contribution >= 0.6 is 0 Å². The summed E-state index contributed by atoms with van der Waals surface area (Å²) in [4.78, 5) is 319. The van der Waals surface area contributed by atoms with Crippen LogP contribution in [-0.2, 0) is 115 Å². The van der Waals surface area contributed by atoms with Gasteiger partial charge in [0.05, 0.1) is 52.0 Å². The van der Waals surface area contributed by atoms with Crippen LogP contribution in [0.15, 0.2) is 0 Å². The molecule has 790 valence electrons. The smallest absolute Gasteiger partial charge is 0.326 e. The van der Waals surface area contributed by atoms with Crippen LogP contribution in [-0.4, -0.2) is 328 Å². The number of hydrogen-bond acceptors (Lipinski definition) is 28. The van der Waals surface area contributed by atoms with E-state index in [9.17, 15) is 135 Å². The van der Waals surface area contributed by atoms with E-state index in [1.54, 1.807) is 69.2 Å². The van der Waals surface area contributed by atoms with Gasteiger partial charge in [0.15, 0.2) is 5.96 Å². The molecule has 0 spiro atoms. The maximum Gasteiger partial charge on any atom is 0.326 e. The topological polar surface area (TPSA) is 871 Å². The van der Waals surface area contributed by atoms with Gasteiger partial charge in [-0.3, -0.25) is 116 Å². The highest BCUT2D eigenvalue weighted by Crippen LogP contribution is 2.22. The SMILES string of the molecule is CC(C)C[C@H](NC(=O)[C@H](CCCNC(=N)N)NC(=O)[C@H](CC(C)C)NC(=O)[C@H](CO)NC(=O)CNC(=O)CNC(=O)[C@@H]1CCCN1C(=O)[C@H](CCC(N)=O)NC(=O)[C@@H](NC(=O)[C@H](CC(C)C)NC(=O)CNC(=O)CNC(=O)CNC(=O)[C@H](CO)NC(=O)[C@H](CCC(=O)O)NC(=O)[C@@H](NC(=O)[C@H](CC(C)C)NC(=O)[C@H](CCC(N)=O)NC(=O)[C@@H](NC(=O)[C@@H](N)CCC(=O)O)C(C)C)C(C)C)C(C)C)C(=O)O. The van der Waals surface area contributed by atoms with E-state index in [-0.39, 0.29) is 101 Å². The number of aliphatic hydroxyl groups is 2. The number of aliphatic carboxylic acids is 3. The Morgan fingerprint density at radius 3 is 1.04 bits per heavy atom. The summed E-state index contributed by atoms with van der Waals surface area (Å²) >= 11 is 0. The van der Waals surface area contributed by atoms with Crippen LogP contribution in [0.25, 0.3) is 0 Å². The molecule has 0 aromatic carbocycles. The van der Waals surface area contributed by atoms with Gasteiger partial charge in [-0.2, -0.15) is 0 Å². The molecule has 15 atom stereocenters. The Kier molecular flexibility index (Phi) is 56.7. The van der Waals surface area contributed by atoms with Crippen LogP contribution in [0.4, 0.5) is 0 Å². The maximum atomic E-state index is 14.4. The number of aliphatic hydroxyl groups excluding tert-OH is 2. The Morgan fingerprint density at radius 2 is 0.636 bits per heavy atom. The summed E-state index contributed by atoms with van der Waals surface area (Å²) in [5.74, 6) is -28.1. The number of amides is 21. The predicted octanol–water partition coefficient (Wildman–Crippen LogP) is -10.1. The molecule has 1 aliphatic heterocycles. The van der Waals surface area contributed by atoms with Crippen LogP contribution < -0.4 is 124 Å². The highest BCUT2D eigenvalue weighted by Gasteiger charge is 2.42. The van der Waals surface area contributed by atoms with Crippen LogP contribution in [0, 0.1) is 46.8 Å². The first-order valence-corrected chi connectivity index (χ1v) is 46.2. The fourth-order valence-electron chi connectivity index (χ4n) is 13.8. The molecule has 1 saturated heterocycles. The summed E-state index contributed by atoms with van der Waals surface area (Å²) in [6, 6.07) is -22.4. The number of carbonyl (C=O) groups is 24. The van der Waals surface area contributed by atoms with Crippen molar-refractivity contribution in [3.8, 4) is 0 Å². The molecular weight excluding hydrogens is 1850 g/mol. The Bertz CT molecular complexity index is 4300. The molecule has 0 saturated carbocycles. The fraction of sp³-hybridized carbons (Fsp3) is 0.709. The highest BCUT2D eigenvalue weighted by molar-refractivity contribution is 6.02. The molecule has 0 aliphatic carbocycles. The second-order valence-electron chi connectivity index (χ2n) is 36.6. The van der Waals surface area contributed by atoms with Gasteiger partial charge < -0.3 is 154 Å². The number of guanidine groups is 1. The minimum Gasteiger partial charge on any atom is -0.481 e. The Hall–Kier alpha value is -13.6. The molecule has 21 amide bonds. The first kappa shape index (κ1) is 124. The maximum absolute atomic E-state index is 14.4. The largest absolute Gasteiger partial charge is 0.481 e. The summed E-state index contributed by atoms with van der Waals surface area (Å²) in [7, 11) is 0. The second kappa shape index (κ2) is 63.8. The number of primary amides is 2. The minimum atomic E-state index is -1.89. The lowest BCUT2D eigenvalue weighted by Gasteiger charge is -2.31. The summed E-state index contributed by atoms with van der Waals surface area (Å²) in [5, 5.41) is 102. The first-order chi connectivity index (χ1) is 65.3. The van der Waals surface area contributed by atoms with Gasteiger partial charge in [0, 0.05) is 38.8 Å². The van der Waals surface area contributed by atoms with Gasteiger partial charge in [-0.25, -0.2) is 4.79 Å². The van der Waals surface area contributed by atoms with Crippen molar-refractivity contribution in [3.63, 3.8) is 0 Å². The molecule has 0 radical (unpaired) electrons. The number of nitrogens with one attached hydrogen (secondary N) is 20. The molecule has 54 nitrogen and oxygen atoms in total. The quantitative estimate of drug-likeness (QED) is 0.0153. The van der Waals surface area contributed by atoms with E-state index >= 15 is 0 Å². The number of likely N-dealkylation sites (tertiary alicyclic amines) is 1. The first-order valence-electron chi connectivity index (χ1n) is 46.2. The predicted molar refractivity (Wildman–Crippen MR) is 497 cm³/mol. The zero-order chi connectivity index (χ0) is 107. The van der Waals surface area contributed by atoms with Crippen molar-refractivity contribution in [2.45, 2.75) is 290 Å². The van der Waals surface area contributed by atoms with Crippen molar-refractivity contribution in [1.29, 1.82) is 5.41 Å². The van der Waals surface area contributed by atoms with Crippen LogP contribution in [0.5, 0.6) is 0 Å². The highest BCUT2D eigenvalue weighted by atomic mass is 16.4. The van der Waals surface area contributed by atoms with E-state index in [0.29, 0.717) is 0 Å². The van der Waals surface area contributed by atoms with Crippen molar-refractivity contribution in [3.05, 3.63) is 0 Å². The lowest BCUT2D eigenvalue weighted by atomic mass is 9.98. The van der Waals surface area contributed by atoms with Crippen molar-refractivity contribution in [2.24, 2.45) is 64.4 Å². The van der Waals surface area contributed by atoms with E-state index in [2.05, 4.69) is 101 Å². The minimum absolute atomic E-state index is 0.0311. The molecule has 0 unspecified atom stereocenters. The van der Waals surface area contributed by atoms with E-state index in [1.165, 1.54) is 27.7 Å². The second-order valence-corrected chi connectivity index (χ2v) is 36.6. The van der Waals surface area contributed by atoms with Gasteiger partial charge in [-0.1, -0.05) is 96.9 Å². The van der Waals surface area contributed by atoms with Crippen molar-refractivity contribution in [1.82, 2.24) is 106 Å². The van der Waals surface area contributed by atoms with Gasteiger partial charge >= 0.3 is 17.9 Å². The third kappa shape index (κ3) is 49.1. The summed E-state index contributed by atoms with van der Waals surface area (Å²) in [5.41, 5.74) is 22.1. The molecule has 140 heavy (non-hydrogen) atoms. The Morgan fingerprint density at radius 1 is 0.329 bits per heavy atom. The zero-order valence-electron chi connectivity index (χ0n) is 81.7. The molecule has 1 aliphatic rings. The molecule has 0 bridgehead atoms. The van der Waals surface area contributed by atoms with Gasteiger partial charge in [0.2, 0.25) is 124 Å². The number of nitrogens with two attached hydrogens (primary N) is 4. The van der Waals surface area contributed by atoms with E-state index in [1.807, 2.05) is 0 Å². The van der Waals surface area contributed by atoms with Crippen LogP contribution in [0.1, 0.15) is 200 Å². The normalized spacial score (nSPS) is 15.3. The lowest BCUT2D eigenvalue weighted by molar-refractivity contribution is -0.143. The lowest BCUT2D eigenvalue weighted by Crippen LogP contribution is -2.61. The van der Waals surface area contributed by atoms with E-state index < -0.39 is 341 Å². The van der Waals surface area contributed by atoms with E-state index in [0.717, 1.165) is 4.90 Å². The monoisotopic (exact) mass is 1990 g/mol. The van der Waals surface area contributed by atoms with Crippen LogP contribution in [0.2, 0.25) is 0 Å². The van der Waals surface area contributed by atoms with Crippen molar-refractivity contribution < 1.29 is 141 Å². The molecule has 1 fully saturated rings. The average molecular weight is 2000 g/mol. The zero-order valence-corrected chi connectivity index (χ0v) is 81.7. The van der Waals surface area contributed by atoms with Crippen LogP contribution in [0.3, 0.4) is 0 Å². The van der Waals surface area contributed by atoms with Crippen molar-refractivity contribution >= 4 is 148 Å². The molecule has 0 aromatic rings. The molecule has 54 heteroatoms. The molecule has 0 aromatic heterocycles. The van der Waals surface area contributed by atoms with Gasteiger partial charge in [-0.15, -0.1) is 0 Å². The standard InChI is InChI=1S/C86H147N25O29/c1-40(2)29-52(77(131)109-70(46(13)14)83(137)103-51(21-24-60(89)115)84(138)111-28-16-18-58(111)80(134)97-35-63(118)95-37-65(120)99-57(39-113)79(133)105-53(30-41(3)4)76(130)100-48(17-15-27-92-86(90)91)73(127)106-55(85(139)140)32-43(7)8)98-64(119)36-94-61(116)33-93-62(117)34-96-72(126)56(38-112)107-75(129)50(22-26-67(123)124)102-82(136)69(45(11)12)110-78(132)54(31-42(5)6)104-74(128)49(20-23-59(88)114)101-81(135)68(44(9)10)108-71(125)47(87)19-25-66(121)122/h40-58,68-70,112-113H,15-39,87H2,1-14H3,(H2,88,114)(H2,89,115)(H,93,117)(H,94,116)(H,95,118)(H,96,126)(H,97,134)(H,98,119)(H,99,120)(H,100,130)(H,101,135)(H,102,136)(H,103,137)(H,104,128)(H,105,133)(H,106,127)(H,107,129)(H,108,125)(H,109,131)(H,110,132)(H,121,122)(H,123,124)(H,139,140)(H4,90,91,92)/t47-,48-,49-,50-,51-,52-,53-,54-,55-,56-,57-,58-,68-,69-,70-/m0/s1. The fourth-order valence-corrected chi connectivity index (χ4v) is 13.8. The number of hydrogen-bond donors (Lipinski definition) is 29. The summed E-state index contributed by atoms with van der Waals surface area (Å²) < 4.78 is 0. The Balaban J connectivity index is 3.13. The van der Waals surface area contributed by atoms with Crippen molar-refractivity contribution in [2.75, 3.05) is 59.0 Å². The number of nitrogens with zero attached hydrogens (tertiary/aromatic N) is 1.